The number of hydrogen-bond acceptors (Lipinski definition) is 1. The maximum Gasteiger partial charge on any atom is 0.142 e. The van der Waals surface area contributed by atoms with Crippen molar-refractivity contribution in [2.45, 2.75) is 6.92 Å². The van der Waals surface area contributed by atoms with Crippen molar-refractivity contribution in [3.63, 3.8) is 0 Å². The minimum atomic E-state index is -0.657. The van der Waals surface area contributed by atoms with Crippen LogP contribution in [0.5, 0.6) is 0 Å². The van der Waals surface area contributed by atoms with Crippen molar-refractivity contribution >= 4 is 12.4 Å². The molecule has 3 heteroatoms. The molecule has 0 atom stereocenters. The van der Waals surface area contributed by atoms with E-state index in [4.69, 9.17) is 0 Å². The Labute approximate surface area is 74.7 Å². The van der Waals surface area contributed by atoms with Crippen LogP contribution in [0.3, 0.4) is 0 Å². The molecule has 1 nitrogen and oxygen atoms in total. The number of allylic oxidation sites excluding steroid dienone is 1. The lowest BCUT2D eigenvalue weighted by Gasteiger charge is -2.00. The van der Waals surface area contributed by atoms with Crippen LogP contribution < -0.4 is 0 Å². The Morgan fingerprint density at radius 1 is 1.23 bits per heavy atom. The van der Waals surface area contributed by atoms with Gasteiger partial charge < -0.3 is 0 Å². The molecule has 0 saturated carbocycles. The van der Waals surface area contributed by atoms with Gasteiger partial charge >= 0.3 is 0 Å². The Kier molecular flexibility index (Phi) is 2.90. The number of carbonyl (C=O) groups excluding carboxylic acids is 1. The SMILES string of the molecule is Cc1cc(F)c(/C=C/C=O)c(F)c1. The quantitative estimate of drug-likeness (QED) is 0.507. The Bertz CT molecular complexity index is 333. The highest BCUT2D eigenvalue weighted by Gasteiger charge is 2.05. The molecule has 1 aromatic carbocycles. The molecule has 1 aromatic rings. The van der Waals surface area contributed by atoms with Crippen molar-refractivity contribution in [1.29, 1.82) is 0 Å². The van der Waals surface area contributed by atoms with Crippen LogP contribution in [0.4, 0.5) is 8.78 Å². The summed E-state index contributed by atoms with van der Waals surface area (Å²) in [6, 6.07) is 2.43. The predicted molar refractivity (Wildman–Crippen MR) is 46.2 cm³/mol. The van der Waals surface area contributed by atoms with E-state index in [-0.39, 0.29) is 5.56 Å². The summed E-state index contributed by atoms with van der Waals surface area (Å²) in [5.74, 6) is -1.31. The Morgan fingerprint density at radius 3 is 2.23 bits per heavy atom. The molecule has 0 N–H and O–H groups in total. The number of rotatable bonds is 2. The molecule has 68 valence electrons. The largest absolute Gasteiger partial charge is 0.299 e. The molecule has 0 amide bonds. The fraction of sp³-hybridized carbons (Fsp3) is 0.100. The number of aryl methyl sites for hydroxylation is 1. The number of carbonyl (C=O) groups is 1. The Morgan fingerprint density at radius 2 is 1.77 bits per heavy atom. The van der Waals surface area contributed by atoms with E-state index < -0.39 is 11.6 Å². The highest BCUT2D eigenvalue weighted by molar-refractivity contribution is 5.74. The van der Waals surface area contributed by atoms with Crippen molar-refractivity contribution in [2.75, 3.05) is 0 Å². The zero-order chi connectivity index (χ0) is 9.84. The average molecular weight is 182 g/mol. The van der Waals surface area contributed by atoms with Gasteiger partial charge in [0.15, 0.2) is 0 Å². The fourth-order valence-corrected chi connectivity index (χ4v) is 1.01. The van der Waals surface area contributed by atoms with E-state index in [9.17, 15) is 13.6 Å². The molecule has 0 heterocycles. The molecule has 0 unspecified atom stereocenters. The van der Waals surface area contributed by atoms with Gasteiger partial charge in [-0.25, -0.2) is 8.78 Å². The maximum atomic E-state index is 13.0. The van der Waals surface area contributed by atoms with Gasteiger partial charge in [0, 0.05) is 5.56 Å². The van der Waals surface area contributed by atoms with Gasteiger partial charge in [-0.3, -0.25) is 4.79 Å². The second-order valence-corrected chi connectivity index (χ2v) is 2.64. The standard InChI is InChI=1S/C10H8F2O/c1-7-5-9(11)8(3-2-4-13)10(12)6-7/h2-6H,1H3/b3-2+. The van der Waals surface area contributed by atoms with Gasteiger partial charge in [-0.15, -0.1) is 0 Å². The lowest BCUT2D eigenvalue weighted by molar-refractivity contribution is -0.104. The van der Waals surface area contributed by atoms with E-state index in [1.54, 1.807) is 6.92 Å². The van der Waals surface area contributed by atoms with Gasteiger partial charge in [-0.05, 0) is 36.8 Å². The summed E-state index contributed by atoms with van der Waals surface area (Å²) in [6.45, 7) is 1.60. The molecule has 13 heavy (non-hydrogen) atoms. The molecule has 0 aliphatic heterocycles. The zero-order valence-corrected chi connectivity index (χ0v) is 7.05. The van der Waals surface area contributed by atoms with E-state index in [1.165, 1.54) is 12.1 Å². The third kappa shape index (κ3) is 2.21. The van der Waals surface area contributed by atoms with E-state index in [2.05, 4.69) is 0 Å². The second kappa shape index (κ2) is 3.94. The molecule has 0 saturated heterocycles. The summed E-state index contributed by atoms with van der Waals surface area (Å²) < 4.78 is 26.1. The van der Waals surface area contributed by atoms with Crippen LogP contribution in [0.15, 0.2) is 18.2 Å². The minimum Gasteiger partial charge on any atom is -0.299 e. The Balaban J connectivity index is 3.20. The lowest BCUT2D eigenvalue weighted by atomic mass is 10.1. The maximum absolute atomic E-state index is 13.0. The molecular formula is C10H8F2O. The number of aldehydes is 1. The topological polar surface area (TPSA) is 17.1 Å². The van der Waals surface area contributed by atoms with Crippen LogP contribution in [0.1, 0.15) is 11.1 Å². The predicted octanol–water partition coefficient (Wildman–Crippen LogP) is 2.49. The van der Waals surface area contributed by atoms with Crippen LogP contribution in [-0.2, 0) is 4.79 Å². The van der Waals surface area contributed by atoms with E-state index >= 15 is 0 Å². The average Bonchev–Trinajstić information content (AvgIpc) is 2.02. The van der Waals surface area contributed by atoms with Crippen molar-refractivity contribution in [2.24, 2.45) is 0 Å². The third-order valence-electron chi connectivity index (χ3n) is 1.56. The first kappa shape index (κ1) is 9.58. The lowest BCUT2D eigenvalue weighted by Crippen LogP contribution is -1.90. The first-order chi connectivity index (χ1) is 6.15. The molecule has 0 bridgehead atoms. The van der Waals surface area contributed by atoms with E-state index in [0.29, 0.717) is 11.8 Å². The van der Waals surface area contributed by atoms with Gasteiger partial charge in [-0.2, -0.15) is 0 Å². The van der Waals surface area contributed by atoms with E-state index in [1.807, 2.05) is 0 Å². The van der Waals surface area contributed by atoms with Crippen LogP contribution in [0, 0.1) is 18.6 Å². The molecule has 0 spiro atoms. The first-order valence-electron chi connectivity index (χ1n) is 3.72. The van der Waals surface area contributed by atoms with Crippen molar-refractivity contribution in [3.8, 4) is 0 Å². The van der Waals surface area contributed by atoms with Crippen molar-refractivity contribution in [3.05, 3.63) is 41.0 Å². The molecule has 1 rings (SSSR count). The van der Waals surface area contributed by atoms with Crippen LogP contribution in [-0.4, -0.2) is 6.29 Å². The molecule has 0 aromatic heterocycles. The van der Waals surface area contributed by atoms with Gasteiger partial charge in [0.2, 0.25) is 0 Å². The Hall–Kier alpha value is -1.51. The monoisotopic (exact) mass is 182 g/mol. The van der Waals surface area contributed by atoms with Gasteiger partial charge in [0.05, 0.1) is 0 Å². The smallest absolute Gasteiger partial charge is 0.142 e. The molecule has 0 radical (unpaired) electrons. The van der Waals surface area contributed by atoms with Crippen molar-refractivity contribution in [1.82, 2.24) is 0 Å². The zero-order valence-electron chi connectivity index (χ0n) is 7.05. The van der Waals surface area contributed by atoms with Gasteiger partial charge in [0.25, 0.3) is 0 Å². The summed E-state index contributed by atoms with van der Waals surface area (Å²) in [6.07, 6.45) is 2.63. The highest BCUT2D eigenvalue weighted by Crippen LogP contribution is 2.16. The summed E-state index contributed by atoms with van der Waals surface area (Å²) in [7, 11) is 0. The molecular weight excluding hydrogens is 174 g/mol. The summed E-state index contributed by atoms with van der Waals surface area (Å²) in [4.78, 5) is 9.94. The molecule has 0 aliphatic carbocycles. The van der Waals surface area contributed by atoms with E-state index in [0.717, 1.165) is 12.2 Å². The van der Waals surface area contributed by atoms with Crippen molar-refractivity contribution < 1.29 is 13.6 Å². The summed E-state index contributed by atoms with van der Waals surface area (Å²) >= 11 is 0. The fourth-order valence-electron chi connectivity index (χ4n) is 1.01. The van der Waals surface area contributed by atoms with Crippen LogP contribution in [0.25, 0.3) is 6.08 Å². The first-order valence-corrected chi connectivity index (χ1v) is 3.72. The minimum absolute atomic E-state index is 0.183. The molecule has 0 fully saturated rings. The molecule has 0 aliphatic rings. The normalized spacial score (nSPS) is 10.7. The second-order valence-electron chi connectivity index (χ2n) is 2.64. The highest BCUT2D eigenvalue weighted by atomic mass is 19.1. The summed E-state index contributed by atoms with van der Waals surface area (Å²) in [5.41, 5.74) is 0.330. The number of benzene rings is 1. The summed E-state index contributed by atoms with van der Waals surface area (Å²) in [5, 5.41) is 0. The van der Waals surface area contributed by atoms with Crippen LogP contribution >= 0.6 is 0 Å². The number of halogens is 2. The van der Waals surface area contributed by atoms with Crippen LogP contribution in [0.2, 0.25) is 0 Å². The third-order valence-corrected chi connectivity index (χ3v) is 1.56. The van der Waals surface area contributed by atoms with Gasteiger partial charge in [0.1, 0.15) is 17.9 Å². The number of hydrogen-bond donors (Lipinski definition) is 0. The van der Waals surface area contributed by atoms with Gasteiger partial charge in [-0.1, -0.05) is 0 Å².